The highest BCUT2D eigenvalue weighted by Gasteiger charge is 2.12. The summed E-state index contributed by atoms with van der Waals surface area (Å²) >= 11 is 0. The summed E-state index contributed by atoms with van der Waals surface area (Å²) in [5.41, 5.74) is 5.73. The Morgan fingerprint density at radius 2 is 2.45 bits per heavy atom. The van der Waals surface area contributed by atoms with Crippen LogP contribution in [0.25, 0.3) is 0 Å². The molecule has 0 spiro atoms. The molecule has 1 rings (SSSR count). The second-order valence-electron chi connectivity index (χ2n) is 2.93. The first kappa shape index (κ1) is 8.34. The predicted molar refractivity (Wildman–Crippen MR) is 46.0 cm³/mol. The van der Waals surface area contributed by atoms with Crippen molar-refractivity contribution >= 4 is 0 Å². The van der Waals surface area contributed by atoms with Crippen molar-refractivity contribution in [3.05, 3.63) is 24.0 Å². The minimum atomic E-state index is 0.237. The molecule has 0 aromatic heterocycles. The van der Waals surface area contributed by atoms with Crippen LogP contribution in [0.2, 0.25) is 0 Å². The van der Waals surface area contributed by atoms with Gasteiger partial charge in [0.2, 0.25) is 0 Å². The van der Waals surface area contributed by atoms with E-state index in [9.17, 15) is 0 Å². The molecular weight excluding hydrogens is 138 g/mol. The van der Waals surface area contributed by atoms with Crippen LogP contribution in [-0.4, -0.2) is 13.2 Å². The van der Waals surface area contributed by atoms with Crippen LogP contribution in [0.5, 0.6) is 0 Å². The molecule has 2 N–H and O–H groups in total. The molecule has 2 unspecified atom stereocenters. The van der Waals surface area contributed by atoms with Crippen LogP contribution in [0.4, 0.5) is 0 Å². The zero-order valence-corrected chi connectivity index (χ0v) is 7.08. The normalized spacial score (nSPS) is 26.1. The van der Waals surface area contributed by atoms with Gasteiger partial charge in [-0.15, -0.1) is 0 Å². The summed E-state index contributed by atoms with van der Waals surface area (Å²) in [5.74, 6) is 1.43. The summed E-state index contributed by atoms with van der Waals surface area (Å²) < 4.78 is 5.05. The zero-order chi connectivity index (χ0) is 8.27. The summed E-state index contributed by atoms with van der Waals surface area (Å²) in [6.07, 6.45) is 7.17. The first-order valence-electron chi connectivity index (χ1n) is 3.92. The van der Waals surface area contributed by atoms with Crippen molar-refractivity contribution in [2.45, 2.75) is 19.4 Å². The van der Waals surface area contributed by atoms with Gasteiger partial charge in [0.1, 0.15) is 5.76 Å². The quantitative estimate of drug-likeness (QED) is 0.651. The highest BCUT2D eigenvalue weighted by atomic mass is 16.5. The van der Waals surface area contributed by atoms with E-state index in [4.69, 9.17) is 10.5 Å². The Morgan fingerprint density at radius 1 is 1.73 bits per heavy atom. The first-order chi connectivity index (χ1) is 5.24. The van der Waals surface area contributed by atoms with E-state index in [-0.39, 0.29) is 6.04 Å². The molecule has 0 radical (unpaired) electrons. The van der Waals surface area contributed by atoms with E-state index in [2.05, 4.69) is 12.2 Å². The summed E-state index contributed by atoms with van der Waals surface area (Å²) in [4.78, 5) is 0. The second-order valence-corrected chi connectivity index (χ2v) is 2.93. The molecular formula is C9H15NO. The van der Waals surface area contributed by atoms with Gasteiger partial charge in [0.15, 0.2) is 0 Å². The molecule has 0 bridgehead atoms. The summed E-state index contributed by atoms with van der Waals surface area (Å²) in [6, 6.07) is 0.237. The topological polar surface area (TPSA) is 35.2 Å². The number of ether oxygens (including phenoxy) is 1. The lowest BCUT2D eigenvalue weighted by molar-refractivity contribution is 0.300. The summed E-state index contributed by atoms with van der Waals surface area (Å²) in [5, 5.41) is 0. The largest absolute Gasteiger partial charge is 0.497 e. The third-order valence-corrected chi connectivity index (χ3v) is 2.01. The van der Waals surface area contributed by atoms with Crippen molar-refractivity contribution in [1.29, 1.82) is 0 Å². The Morgan fingerprint density at radius 3 is 2.82 bits per heavy atom. The van der Waals surface area contributed by atoms with E-state index in [1.807, 2.05) is 13.0 Å². The van der Waals surface area contributed by atoms with Gasteiger partial charge in [0.25, 0.3) is 0 Å². The molecule has 0 amide bonds. The fraction of sp³-hybridized carbons (Fsp3) is 0.556. The molecule has 0 aromatic carbocycles. The molecule has 2 atom stereocenters. The van der Waals surface area contributed by atoms with Crippen LogP contribution in [0.1, 0.15) is 13.3 Å². The molecule has 0 aromatic rings. The molecule has 2 nitrogen and oxygen atoms in total. The maximum atomic E-state index is 5.73. The smallest absolute Gasteiger partial charge is 0.114 e. The average molecular weight is 153 g/mol. The van der Waals surface area contributed by atoms with Crippen molar-refractivity contribution in [1.82, 2.24) is 0 Å². The molecule has 62 valence electrons. The van der Waals surface area contributed by atoms with Crippen LogP contribution in [0, 0.1) is 5.92 Å². The number of nitrogens with two attached hydrogens (primary N) is 1. The van der Waals surface area contributed by atoms with Gasteiger partial charge in [0.05, 0.1) is 7.11 Å². The van der Waals surface area contributed by atoms with E-state index in [0.717, 1.165) is 12.2 Å². The average Bonchev–Trinajstić information content (AvgIpc) is 2.05. The van der Waals surface area contributed by atoms with Crippen molar-refractivity contribution < 1.29 is 4.74 Å². The molecule has 2 heteroatoms. The lowest BCUT2D eigenvalue weighted by Gasteiger charge is -2.18. The number of hydrogen-bond acceptors (Lipinski definition) is 2. The van der Waals surface area contributed by atoms with E-state index >= 15 is 0 Å². The van der Waals surface area contributed by atoms with Crippen LogP contribution in [-0.2, 0) is 4.74 Å². The van der Waals surface area contributed by atoms with Crippen molar-refractivity contribution in [3.63, 3.8) is 0 Å². The lowest BCUT2D eigenvalue weighted by Crippen LogP contribution is -2.25. The number of methoxy groups -OCH3 is 1. The zero-order valence-electron chi connectivity index (χ0n) is 7.08. The summed E-state index contributed by atoms with van der Waals surface area (Å²) in [6.45, 7) is 2.03. The Kier molecular flexibility index (Phi) is 2.71. The van der Waals surface area contributed by atoms with Crippen LogP contribution < -0.4 is 5.73 Å². The number of allylic oxidation sites excluding steroid dienone is 2. The molecule has 11 heavy (non-hydrogen) atoms. The molecule has 0 heterocycles. The third kappa shape index (κ3) is 2.09. The van der Waals surface area contributed by atoms with Gasteiger partial charge in [-0.25, -0.2) is 0 Å². The maximum absolute atomic E-state index is 5.73. The van der Waals surface area contributed by atoms with Gasteiger partial charge in [-0.3, -0.25) is 0 Å². The number of rotatable bonds is 2. The molecule has 0 aliphatic heterocycles. The molecule has 0 saturated carbocycles. The van der Waals surface area contributed by atoms with Crippen molar-refractivity contribution in [2.24, 2.45) is 11.7 Å². The van der Waals surface area contributed by atoms with Crippen molar-refractivity contribution in [3.8, 4) is 0 Å². The molecule has 0 fully saturated rings. The predicted octanol–water partition coefficient (Wildman–Crippen LogP) is 1.44. The van der Waals surface area contributed by atoms with E-state index < -0.39 is 0 Å². The monoisotopic (exact) mass is 153 g/mol. The van der Waals surface area contributed by atoms with Crippen molar-refractivity contribution in [2.75, 3.05) is 7.11 Å². The minimum Gasteiger partial charge on any atom is -0.497 e. The Balaban J connectivity index is 2.50. The van der Waals surface area contributed by atoms with Crippen LogP contribution in [0.15, 0.2) is 24.0 Å². The standard InChI is InChI=1S/C9H15NO/c1-7(10)8-3-5-9(11-2)6-4-8/h3,5-8H,4,10H2,1-2H3. The molecule has 0 saturated heterocycles. The van der Waals surface area contributed by atoms with Gasteiger partial charge in [-0.2, -0.15) is 0 Å². The Bertz CT molecular complexity index is 182. The highest BCUT2D eigenvalue weighted by Crippen LogP contribution is 2.18. The van der Waals surface area contributed by atoms with Gasteiger partial charge < -0.3 is 10.5 Å². The van der Waals surface area contributed by atoms with Gasteiger partial charge in [0, 0.05) is 6.04 Å². The summed E-state index contributed by atoms with van der Waals surface area (Å²) in [7, 11) is 1.68. The first-order valence-corrected chi connectivity index (χ1v) is 3.92. The highest BCUT2D eigenvalue weighted by molar-refractivity contribution is 5.18. The van der Waals surface area contributed by atoms with E-state index in [1.54, 1.807) is 7.11 Å². The number of hydrogen-bond donors (Lipinski definition) is 1. The lowest BCUT2D eigenvalue weighted by atomic mass is 9.94. The third-order valence-electron chi connectivity index (χ3n) is 2.01. The van der Waals surface area contributed by atoms with E-state index in [0.29, 0.717) is 5.92 Å². The maximum Gasteiger partial charge on any atom is 0.114 e. The Hall–Kier alpha value is -0.760. The minimum absolute atomic E-state index is 0.237. The second kappa shape index (κ2) is 3.58. The van der Waals surface area contributed by atoms with Crippen LogP contribution >= 0.6 is 0 Å². The van der Waals surface area contributed by atoms with Gasteiger partial charge in [-0.1, -0.05) is 6.08 Å². The van der Waals surface area contributed by atoms with Crippen LogP contribution in [0.3, 0.4) is 0 Å². The molecule has 1 aliphatic carbocycles. The fourth-order valence-electron chi connectivity index (χ4n) is 1.16. The fourth-order valence-corrected chi connectivity index (χ4v) is 1.16. The van der Waals surface area contributed by atoms with Gasteiger partial charge >= 0.3 is 0 Å². The van der Waals surface area contributed by atoms with E-state index in [1.165, 1.54) is 0 Å². The van der Waals surface area contributed by atoms with Gasteiger partial charge in [-0.05, 0) is 31.4 Å². The SMILES string of the molecule is COC1=CCC(C(C)N)C=C1. The molecule has 1 aliphatic rings. The Labute approximate surface area is 67.7 Å².